The van der Waals surface area contributed by atoms with Gasteiger partial charge < -0.3 is 5.32 Å². The molecule has 0 amide bonds. The van der Waals surface area contributed by atoms with Crippen molar-refractivity contribution in [2.45, 2.75) is 6.42 Å². The zero-order chi connectivity index (χ0) is 20.3. The molecule has 0 saturated carbocycles. The van der Waals surface area contributed by atoms with Gasteiger partial charge in [-0.3, -0.25) is 30.3 Å². The SMILES string of the molecule is O=[N+]([O-])c1cc([N+](=O)[O-])c(CCNc2cccc3ccccc23)c([N+](=O)[O-])c1. The van der Waals surface area contributed by atoms with E-state index in [1.54, 1.807) is 0 Å². The largest absolute Gasteiger partial charge is 0.384 e. The number of hydrogen-bond acceptors (Lipinski definition) is 7. The summed E-state index contributed by atoms with van der Waals surface area (Å²) < 4.78 is 0. The summed E-state index contributed by atoms with van der Waals surface area (Å²) in [4.78, 5) is 31.0. The molecule has 0 aromatic heterocycles. The smallest absolute Gasteiger partial charge is 0.286 e. The maximum atomic E-state index is 11.3. The minimum atomic E-state index is -0.891. The molecule has 0 spiro atoms. The molecule has 0 bridgehead atoms. The lowest BCUT2D eigenvalue weighted by Crippen LogP contribution is -2.10. The molecule has 0 fully saturated rings. The summed E-state index contributed by atoms with van der Waals surface area (Å²) >= 11 is 0. The number of anilines is 1. The molecule has 0 aliphatic heterocycles. The normalized spacial score (nSPS) is 10.6. The average molecular weight is 382 g/mol. The van der Waals surface area contributed by atoms with Gasteiger partial charge >= 0.3 is 0 Å². The minimum Gasteiger partial charge on any atom is -0.384 e. The van der Waals surface area contributed by atoms with E-state index in [4.69, 9.17) is 0 Å². The van der Waals surface area contributed by atoms with Crippen molar-refractivity contribution in [3.05, 3.63) is 90.5 Å². The standard InChI is InChI=1S/C18H14N4O6/c23-20(24)13-10-17(21(25)26)15(18(11-13)22(27)28)8-9-19-16-7-3-5-12-4-1-2-6-14(12)16/h1-7,10-11,19H,8-9H2. The van der Waals surface area contributed by atoms with Crippen LogP contribution < -0.4 is 5.32 Å². The molecule has 10 heteroatoms. The van der Waals surface area contributed by atoms with Crippen molar-refractivity contribution in [3.8, 4) is 0 Å². The Morgan fingerprint density at radius 2 is 1.39 bits per heavy atom. The lowest BCUT2D eigenvalue weighted by molar-refractivity contribution is -0.404. The number of rotatable bonds is 7. The Balaban J connectivity index is 1.92. The third-order valence-electron chi connectivity index (χ3n) is 4.27. The number of nitro benzene ring substituents is 3. The monoisotopic (exact) mass is 382 g/mol. The van der Waals surface area contributed by atoms with Gasteiger partial charge in [0, 0.05) is 24.0 Å². The van der Waals surface area contributed by atoms with E-state index < -0.39 is 31.8 Å². The zero-order valence-electron chi connectivity index (χ0n) is 14.4. The summed E-state index contributed by atoms with van der Waals surface area (Å²) in [5.74, 6) is 0. The van der Waals surface area contributed by atoms with E-state index in [0.717, 1.165) is 28.6 Å². The van der Waals surface area contributed by atoms with Gasteiger partial charge in [0.2, 0.25) is 0 Å². The first kappa shape index (κ1) is 18.7. The maximum Gasteiger partial charge on any atom is 0.286 e. The lowest BCUT2D eigenvalue weighted by Gasteiger charge is -2.10. The molecule has 0 aliphatic rings. The van der Waals surface area contributed by atoms with Crippen molar-refractivity contribution in [2.75, 3.05) is 11.9 Å². The molecule has 0 radical (unpaired) electrons. The Labute approximate surface area is 157 Å². The first-order chi connectivity index (χ1) is 13.4. The summed E-state index contributed by atoms with van der Waals surface area (Å²) in [5.41, 5.74) is -1.34. The third kappa shape index (κ3) is 3.70. The predicted octanol–water partition coefficient (Wildman–Crippen LogP) is 4.22. The van der Waals surface area contributed by atoms with Crippen molar-refractivity contribution in [1.29, 1.82) is 0 Å². The van der Waals surface area contributed by atoms with Crippen LogP contribution in [-0.4, -0.2) is 21.3 Å². The van der Waals surface area contributed by atoms with E-state index in [1.807, 2.05) is 42.5 Å². The van der Waals surface area contributed by atoms with Gasteiger partial charge in [-0.2, -0.15) is 0 Å². The minimum absolute atomic E-state index is 0.0478. The molecule has 0 heterocycles. The van der Waals surface area contributed by atoms with Gasteiger partial charge in [-0.25, -0.2) is 0 Å². The molecule has 0 unspecified atom stereocenters. The second kappa shape index (κ2) is 7.66. The van der Waals surface area contributed by atoms with Crippen LogP contribution in [0, 0.1) is 30.3 Å². The Bertz CT molecular complexity index is 1060. The van der Waals surface area contributed by atoms with Gasteiger partial charge in [0.05, 0.1) is 26.9 Å². The molecule has 3 aromatic rings. The van der Waals surface area contributed by atoms with E-state index in [1.165, 1.54) is 0 Å². The van der Waals surface area contributed by atoms with Crippen LogP contribution in [0.5, 0.6) is 0 Å². The van der Waals surface area contributed by atoms with Crippen molar-refractivity contribution in [2.24, 2.45) is 0 Å². The molecular weight excluding hydrogens is 368 g/mol. The van der Waals surface area contributed by atoms with E-state index in [-0.39, 0.29) is 18.5 Å². The fourth-order valence-corrected chi connectivity index (χ4v) is 3.02. The van der Waals surface area contributed by atoms with Crippen molar-refractivity contribution in [3.63, 3.8) is 0 Å². The third-order valence-corrected chi connectivity index (χ3v) is 4.27. The highest BCUT2D eigenvalue weighted by Crippen LogP contribution is 2.34. The van der Waals surface area contributed by atoms with Crippen LogP contribution in [0.2, 0.25) is 0 Å². The number of nitro groups is 3. The molecule has 1 N–H and O–H groups in total. The quantitative estimate of drug-likeness (QED) is 0.476. The van der Waals surface area contributed by atoms with E-state index in [2.05, 4.69) is 5.32 Å². The molecule has 10 nitrogen and oxygen atoms in total. The van der Waals surface area contributed by atoms with E-state index in [9.17, 15) is 30.3 Å². The summed E-state index contributed by atoms with van der Waals surface area (Å²) in [6.07, 6.45) is -0.0478. The number of nitrogens with zero attached hydrogens (tertiary/aromatic N) is 3. The van der Waals surface area contributed by atoms with Crippen LogP contribution >= 0.6 is 0 Å². The average Bonchev–Trinajstić information content (AvgIpc) is 2.67. The topological polar surface area (TPSA) is 141 Å². The van der Waals surface area contributed by atoms with Crippen LogP contribution in [0.4, 0.5) is 22.7 Å². The molecule has 3 rings (SSSR count). The van der Waals surface area contributed by atoms with Gasteiger partial charge in [0.1, 0.15) is 5.56 Å². The number of nitrogens with one attached hydrogen (secondary N) is 1. The van der Waals surface area contributed by atoms with Gasteiger partial charge in [0.15, 0.2) is 0 Å². The maximum absolute atomic E-state index is 11.3. The zero-order valence-corrected chi connectivity index (χ0v) is 14.4. The van der Waals surface area contributed by atoms with Crippen LogP contribution in [-0.2, 0) is 6.42 Å². The summed E-state index contributed by atoms with van der Waals surface area (Å²) in [5, 5.41) is 38.6. The second-order valence-corrected chi connectivity index (χ2v) is 5.94. The van der Waals surface area contributed by atoms with Gasteiger partial charge in [-0.1, -0.05) is 36.4 Å². The Morgan fingerprint density at radius 3 is 2.00 bits per heavy atom. The Kier molecular flexibility index (Phi) is 5.12. The highest BCUT2D eigenvalue weighted by molar-refractivity contribution is 5.93. The number of fused-ring (bicyclic) bond motifs is 1. The number of benzene rings is 3. The molecule has 28 heavy (non-hydrogen) atoms. The van der Waals surface area contributed by atoms with Crippen molar-refractivity contribution >= 4 is 33.5 Å². The second-order valence-electron chi connectivity index (χ2n) is 5.94. The van der Waals surface area contributed by atoms with Crippen molar-refractivity contribution < 1.29 is 14.8 Å². The predicted molar refractivity (Wildman–Crippen MR) is 103 cm³/mol. The highest BCUT2D eigenvalue weighted by Gasteiger charge is 2.29. The molecule has 142 valence electrons. The lowest BCUT2D eigenvalue weighted by atomic mass is 10.1. The Morgan fingerprint density at radius 1 is 0.786 bits per heavy atom. The van der Waals surface area contributed by atoms with Crippen LogP contribution in [0.3, 0.4) is 0 Å². The molecule has 0 saturated heterocycles. The fourth-order valence-electron chi connectivity index (χ4n) is 3.02. The molecule has 3 aromatic carbocycles. The Hall–Kier alpha value is -4.08. The summed E-state index contributed by atoms with van der Waals surface area (Å²) in [6.45, 7) is 0.174. The highest BCUT2D eigenvalue weighted by atomic mass is 16.6. The molecule has 0 aliphatic carbocycles. The van der Waals surface area contributed by atoms with Gasteiger partial charge in [-0.05, 0) is 11.5 Å². The van der Waals surface area contributed by atoms with Crippen LogP contribution in [0.25, 0.3) is 10.8 Å². The molecule has 0 atom stereocenters. The van der Waals surface area contributed by atoms with Gasteiger partial charge in [-0.15, -0.1) is 0 Å². The van der Waals surface area contributed by atoms with Crippen LogP contribution in [0.1, 0.15) is 5.56 Å². The first-order valence-electron chi connectivity index (χ1n) is 8.20. The summed E-state index contributed by atoms with van der Waals surface area (Å²) in [7, 11) is 0. The van der Waals surface area contributed by atoms with Crippen LogP contribution in [0.15, 0.2) is 54.6 Å². The number of hydrogen-bond donors (Lipinski definition) is 1. The van der Waals surface area contributed by atoms with Gasteiger partial charge in [0.25, 0.3) is 17.1 Å². The first-order valence-corrected chi connectivity index (χ1v) is 8.20. The van der Waals surface area contributed by atoms with E-state index in [0.29, 0.717) is 0 Å². The number of non-ortho nitro benzene ring substituents is 1. The van der Waals surface area contributed by atoms with E-state index >= 15 is 0 Å². The summed E-state index contributed by atoms with van der Waals surface area (Å²) in [6, 6.07) is 14.7. The fraction of sp³-hybridized carbons (Fsp3) is 0.111. The molecular formula is C18H14N4O6. The van der Waals surface area contributed by atoms with Crippen molar-refractivity contribution in [1.82, 2.24) is 0 Å².